The molecule has 130 valence electrons. The minimum Gasteiger partial charge on any atom is -0.465 e. The zero-order valence-electron chi connectivity index (χ0n) is 14.0. The number of likely N-dealkylation sites (N-methyl/N-ethyl adjacent to an activating group) is 1. The molecule has 0 aromatic heterocycles. The van der Waals surface area contributed by atoms with Gasteiger partial charge in [0.15, 0.2) is 0 Å². The van der Waals surface area contributed by atoms with Crippen molar-refractivity contribution in [3.05, 3.63) is 29.3 Å². The molecule has 24 heavy (non-hydrogen) atoms. The Balaban J connectivity index is 1.80. The number of methoxy groups -OCH3 is 1. The highest BCUT2D eigenvalue weighted by Crippen LogP contribution is 2.26. The minimum atomic E-state index is -1.09. The molecule has 1 saturated heterocycles. The number of likely N-dealkylation sites (tertiary alicyclic amines) is 1. The normalized spacial score (nSPS) is 23.0. The summed E-state index contributed by atoms with van der Waals surface area (Å²) in [5.74, 6) is -0.217. The van der Waals surface area contributed by atoms with Crippen molar-refractivity contribution in [2.75, 3.05) is 32.1 Å². The average molecular weight is 333 g/mol. The van der Waals surface area contributed by atoms with Gasteiger partial charge in [0.1, 0.15) is 6.04 Å². The van der Waals surface area contributed by atoms with Gasteiger partial charge in [0, 0.05) is 32.8 Å². The van der Waals surface area contributed by atoms with Crippen molar-refractivity contribution in [3.8, 4) is 0 Å². The lowest BCUT2D eigenvalue weighted by molar-refractivity contribution is -0.122. The van der Waals surface area contributed by atoms with Gasteiger partial charge in [0.2, 0.25) is 5.91 Å². The summed E-state index contributed by atoms with van der Waals surface area (Å²) in [6.07, 6.45) is -0.00138. The molecule has 2 N–H and O–H groups in total. The lowest BCUT2D eigenvalue weighted by Crippen LogP contribution is -2.46. The molecule has 7 nitrogen and oxygen atoms in total. The number of nitrogens with zero attached hydrogens (tertiary/aromatic N) is 2. The largest absolute Gasteiger partial charge is 0.465 e. The Morgan fingerprint density at radius 3 is 2.88 bits per heavy atom. The van der Waals surface area contributed by atoms with Crippen LogP contribution in [-0.2, 0) is 22.5 Å². The Morgan fingerprint density at radius 2 is 2.17 bits per heavy atom. The third kappa shape index (κ3) is 3.09. The van der Waals surface area contributed by atoms with Crippen LogP contribution in [0.15, 0.2) is 18.2 Å². The quantitative estimate of drug-likeness (QED) is 0.864. The van der Waals surface area contributed by atoms with Gasteiger partial charge in [-0.1, -0.05) is 6.07 Å². The van der Waals surface area contributed by atoms with Gasteiger partial charge in [-0.05, 0) is 36.2 Å². The number of nitrogens with one attached hydrogen (secondary N) is 1. The number of anilines is 1. The second-order valence-electron chi connectivity index (χ2n) is 6.32. The summed E-state index contributed by atoms with van der Waals surface area (Å²) in [5.41, 5.74) is 3.28. The third-order valence-corrected chi connectivity index (χ3v) is 4.92. The maximum Gasteiger partial charge on any atom is 0.408 e. The number of carbonyl (C=O) groups is 2. The summed E-state index contributed by atoms with van der Waals surface area (Å²) >= 11 is 0. The number of hydrogen-bond acceptors (Lipinski definition) is 4. The zero-order valence-corrected chi connectivity index (χ0v) is 14.0. The number of carboxylic acid groups (broad SMARTS) is 1. The van der Waals surface area contributed by atoms with Gasteiger partial charge in [0.05, 0.1) is 12.6 Å². The van der Waals surface area contributed by atoms with Crippen LogP contribution in [0.4, 0.5) is 10.5 Å². The molecule has 0 radical (unpaired) electrons. The number of benzene rings is 1. The number of amides is 2. The highest BCUT2D eigenvalue weighted by atomic mass is 16.5. The van der Waals surface area contributed by atoms with Crippen LogP contribution in [0, 0.1) is 0 Å². The van der Waals surface area contributed by atoms with Crippen molar-refractivity contribution in [3.63, 3.8) is 0 Å². The Labute approximate surface area is 141 Å². The van der Waals surface area contributed by atoms with Crippen LogP contribution in [0.25, 0.3) is 0 Å². The topological polar surface area (TPSA) is 82.1 Å². The first-order chi connectivity index (χ1) is 11.5. The van der Waals surface area contributed by atoms with E-state index in [2.05, 4.69) is 5.32 Å². The second-order valence-corrected chi connectivity index (χ2v) is 6.32. The fourth-order valence-electron chi connectivity index (χ4n) is 3.44. The molecule has 3 rings (SSSR count). The molecule has 0 bridgehead atoms. The van der Waals surface area contributed by atoms with Crippen molar-refractivity contribution >= 4 is 17.7 Å². The van der Waals surface area contributed by atoms with Crippen LogP contribution in [0.2, 0.25) is 0 Å². The number of fused-ring (bicyclic) bond motifs is 1. The van der Waals surface area contributed by atoms with E-state index in [1.165, 1.54) is 16.0 Å². The molecule has 0 saturated carbocycles. The van der Waals surface area contributed by atoms with E-state index in [-0.39, 0.29) is 18.6 Å². The van der Waals surface area contributed by atoms with Gasteiger partial charge >= 0.3 is 6.09 Å². The van der Waals surface area contributed by atoms with Crippen molar-refractivity contribution in [2.24, 2.45) is 0 Å². The summed E-state index contributed by atoms with van der Waals surface area (Å²) < 4.78 is 5.25. The van der Waals surface area contributed by atoms with Crippen LogP contribution >= 0.6 is 0 Å². The molecule has 2 aliphatic heterocycles. The van der Waals surface area contributed by atoms with Crippen molar-refractivity contribution in [1.82, 2.24) is 10.2 Å². The third-order valence-electron chi connectivity index (χ3n) is 4.92. The molecule has 0 spiro atoms. The van der Waals surface area contributed by atoms with Crippen LogP contribution in [-0.4, -0.2) is 61.4 Å². The Morgan fingerprint density at radius 1 is 1.38 bits per heavy atom. The second kappa shape index (κ2) is 6.78. The maximum atomic E-state index is 12.8. The van der Waals surface area contributed by atoms with E-state index in [1.54, 1.807) is 19.1 Å². The molecule has 2 atom stereocenters. The molecule has 2 heterocycles. The molecule has 7 heteroatoms. The molecular weight excluding hydrogens is 310 g/mol. The number of carbonyl (C=O) groups excluding carboxylic acids is 1. The van der Waals surface area contributed by atoms with Crippen molar-refractivity contribution in [1.29, 1.82) is 0 Å². The van der Waals surface area contributed by atoms with Gasteiger partial charge in [-0.2, -0.15) is 0 Å². The lowest BCUT2D eigenvalue weighted by Gasteiger charge is -2.27. The van der Waals surface area contributed by atoms with Crippen LogP contribution < -0.4 is 10.2 Å². The van der Waals surface area contributed by atoms with E-state index in [1.807, 2.05) is 18.2 Å². The Bertz CT molecular complexity index is 649. The predicted octanol–water partition coefficient (Wildman–Crippen LogP) is 1.06. The Hall–Kier alpha value is -2.12. The maximum absolute atomic E-state index is 12.8. The number of ether oxygens (including phenoxy) is 1. The van der Waals surface area contributed by atoms with Gasteiger partial charge < -0.3 is 20.1 Å². The average Bonchev–Trinajstić information content (AvgIpc) is 3.04. The molecule has 1 aromatic rings. The Kier molecular flexibility index (Phi) is 4.73. The van der Waals surface area contributed by atoms with E-state index in [4.69, 9.17) is 4.74 Å². The first-order valence-corrected chi connectivity index (χ1v) is 8.13. The first kappa shape index (κ1) is 16.7. The smallest absolute Gasteiger partial charge is 0.408 e. The summed E-state index contributed by atoms with van der Waals surface area (Å²) in [4.78, 5) is 27.0. The molecule has 0 aliphatic carbocycles. The van der Waals surface area contributed by atoms with Crippen LogP contribution in [0.3, 0.4) is 0 Å². The van der Waals surface area contributed by atoms with E-state index in [0.717, 1.165) is 25.2 Å². The van der Waals surface area contributed by atoms with Crippen molar-refractivity contribution in [2.45, 2.75) is 31.5 Å². The first-order valence-electron chi connectivity index (χ1n) is 8.13. The van der Waals surface area contributed by atoms with E-state index in [0.29, 0.717) is 6.42 Å². The van der Waals surface area contributed by atoms with Gasteiger partial charge in [0.25, 0.3) is 0 Å². The molecule has 2 amide bonds. The molecule has 0 unspecified atom stereocenters. The fourth-order valence-corrected chi connectivity index (χ4v) is 3.44. The highest BCUT2D eigenvalue weighted by Gasteiger charge is 2.41. The SMILES string of the molecule is CO[C@@H]1C[C@H](C(=O)N(C)c2ccc3c(c2)CCNC3)N(C(=O)O)C1. The zero-order chi connectivity index (χ0) is 17.3. The van der Waals surface area contributed by atoms with Crippen LogP contribution in [0.5, 0.6) is 0 Å². The highest BCUT2D eigenvalue weighted by molar-refractivity contribution is 5.98. The minimum absolute atomic E-state index is 0.217. The van der Waals surface area contributed by atoms with Gasteiger partial charge in [-0.25, -0.2) is 4.79 Å². The van der Waals surface area contributed by atoms with E-state index in [9.17, 15) is 14.7 Å². The molecular formula is C17H23N3O4. The summed E-state index contributed by atoms with van der Waals surface area (Å²) in [7, 11) is 3.24. The molecule has 1 aromatic carbocycles. The van der Waals surface area contributed by atoms with E-state index < -0.39 is 12.1 Å². The summed E-state index contributed by atoms with van der Waals surface area (Å²) in [6.45, 7) is 2.00. The predicted molar refractivity (Wildman–Crippen MR) is 89.2 cm³/mol. The molecule has 1 fully saturated rings. The van der Waals surface area contributed by atoms with E-state index >= 15 is 0 Å². The van der Waals surface area contributed by atoms with Crippen molar-refractivity contribution < 1.29 is 19.4 Å². The lowest BCUT2D eigenvalue weighted by atomic mass is 10.00. The summed E-state index contributed by atoms with van der Waals surface area (Å²) in [6, 6.07) is 5.27. The van der Waals surface area contributed by atoms with Gasteiger partial charge in [-0.3, -0.25) is 9.69 Å². The van der Waals surface area contributed by atoms with Gasteiger partial charge in [-0.15, -0.1) is 0 Å². The number of hydrogen-bond donors (Lipinski definition) is 2. The number of rotatable bonds is 3. The summed E-state index contributed by atoms with van der Waals surface area (Å²) in [5, 5.41) is 12.7. The monoisotopic (exact) mass is 333 g/mol. The van der Waals surface area contributed by atoms with Crippen LogP contribution in [0.1, 0.15) is 17.5 Å². The molecule has 2 aliphatic rings. The standard InChI is InChI=1S/C17H23N3O4/c1-19(13-4-3-12-9-18-6-5-11(12)7-13)16(21)15-8-14(24-2)10-20(15)17(22)23/h3-4,7,14-15,18H,5-6,8-10H2,1-2H3,(H,22,23)/t14-,15-/m1/s1. The fraction of sp³-hybridized carbons (Fsp3) is 0.529.